The Balaban J connectivity index is 2.17. The molecule has 176 valence electrons. The van der Waals surface area contributed by atoms with Crippen molar-refractivity contribution < 1.29 is 19.4 Å². The highest BCUT2D eigenvalue weighted by Crippen LogP contribution is 2.36. The maximum atomic E-state index is 11.9. The van der Waals surface area contributed by atoms with Crippen LogP contribution in [0.2, 0.25) is 0 Å². The molecule has 3 N–H and O–H groups in total. The minimum Gasteiger partial charge on any atom is -0.465 e. The predicted molar refractivity (Wildman–Crippen MR) is 131 cm³/mol. The number of aromatic nitrogens is 1. The Labute approximate surface area is 201 Å². The first kappa shape index (κ1) is 26.1. The van der Waals surface area contributed by atoms with Gasteiger partial charge >= 0.3 is 12.2 Å². The van der Waals surface area contributed by atoms with Crippen LogP contribution in [0.25, 0.3) is 11.3 Å². The molecule has 8 nitrogen and oxygen atoms in total. The van der Waals surface area contributed by atoms with Gasteiger partial charge in [-0.3, -0.25) is 0 Å². The summed E-state index contributed by atoms with van der Waals surface area (Å²) >= 11 is 4.83. The maximum absolute atomic E-state index is 11.9. The summed E-state index contributed by atoms with van der Waals surface area (Å²) in [4.78, 5) is 30.6. The van der Waals surface area contributed by atoms with E-state index < -0.39 is 23.3 Å². The number of carbonyl (C=O) groups is 2. The van der Waals surface area contributed by atoms with E-state index >= 15 is 0 Å². The zero-order valence-corrected chi connectivity index (χ0v) is 21.7. The number of hydrogen-bond acceptors (Lipinski definition) is 6. The van der Waals surface area contributed by atoms with Crippen LogP contribution >= 0.6 is 27.3 Å². The first-order chi connectivity index (χ1) is 14.8. The van der Waals surface area contributed by atoms with Gasteiger partial charge in [0.05, 0.1) is 5.69 Å². The largest absolute Gasteiger partial charge is 0.465 e. The van der Waals surface area contributed by atoms with Gasteiger partial charge in [0.15, 0.2) is 5.13 Å². The number of ether oxygens (including phenoxy) is 1. The number of halogens is 1. The number of nitrogens with one attached hydrogen (secondary N) is 2. The number of anilines is 1. The minimum atomic E-state index is -1.05. The van der Waals surface area contributed by atoms with E-state index in [1.54, 1.807) is 0 Å². The topological polar surface area (TPSA) is 104 Å². The number of thiazole rings is 1. The standard InChI is InChI=1S/C22H31BrN4O4S/c1-21(2,3)27(20(29)30)18-26-17(14-8-7-9-15(23)12-14)16(32-18)13-24-10-11-25-19(28)31-22(4,5)6/h7-9,12,24H,10-11,13H2,1-6H3,(H,25,28)(H,29,30). The Morgan fingerprint density at radius 2 is 1.88 bits per heavy atom. The number of nitrogens with zero attached hydrogens (tertiary/aromatic N) is 2. The molecule has 0 radical (unpaired) electrons. The fourth-order valence-corrected chi connectivity index (χ4v) is 4.48. The van der Waals surface area contributed by atoms with Crippen molar-refractivity contribution in [1.82, 2.24) is 15.6 Å². The van der Waals surface area contributed by atoms with Crippen molar-refractivity contribution in [3.8, 4) is 11.3 Å². The first-order valence-corrected chi connectivity index (χ1v) is 11.9. The maximum Gasteiger partial charge on any atom is 0.414 e. The molecular weight excluding hydrogens is 496 g/mol. The molecule has 0 saturated carbocycles. The first-order valence-electron chi connectivity index (χ1n) is 10.2. The highest BCUT2D eigenvalue weighted by atomic mass is 79.9. The fourth-order valence-electron chi connectivity index (χ4n) is 2.84. The third-order valence-electron chi connectivity index (χ3n) is 4.09. The van der Waals surface area contributed by atoms with Crippen molar-refractivity contribution in [2.75, 3.05) is 18.0 Å². The van der Waals surface area contributed by atoms with E-state index in [1.807, 2.05) is 65.8 Å². The Hall–Kier alpha value is -2.17. The smallest absolute Gasteiger partial charge is 0.414 e. The van der Waals surface area contributed by atoms with Crippen LogP contribution in [0.1, 0.15) is 46.4 Å². The molecule has 2 aromatic rings. The molecule has 0 unspecified atom stereocenters. The van der Waals surface area contributed by atoms with Crippen LogP contribution < -0.4 is 15.5 Å². The van der Waals surface area contributed by atoms with Crippen LogP contribution in [-0.4, -0.2) is 46.5 Å². The fraction of sp³-hybridized carbons (Fsp3) is 0.500. The van der Waals surface area contributed by atoms with Gasteiger partial charge in [-0.25, -0.2) is 19.5 Å². The lowest BCUT2D eigenvalue weighted by Gasteiger charge is -2.30. The lowest BCUT2D eigenvalue weighted by atomic mass is 10.1. The summed E-state index contributed by atoms with van der Waals surface area (Å²) in [5.41, 5.74) is 0.442. The molecule has 0 atom stereocenters. The summed E-state index contributed by atoms with van der Waals surface area (Å²) in [6, 6.07) is 7.74. The quantitative estimate of drug-likeness (QED) is 0.413. The number of carbonyl (C=O) groups excluding carboxylic acids is 1. The second kappa shape index (κ2) is 10.6. The molecule has 10 heteroatoms. The Morgan fingerprint density at radius 1 is 1.19 bits per heavy atom. The summed E-state index contributed by atoms with van der Waals surface area (Å²) in [5, 5.41) is 16.2. The zero-order valence-electron chi connectivity index (χ0n) is 19.3. The van der Waals surface area contributed by atoms with Gasteiger partial charge in [-0.2, -0.15) is 0 Å². The number of alkyl carbamates (subject to hydrolysis) is 1. The second-order valence-corrected chi connectivity index (χ2v) is 11.2. The lowest BCUT2D eigenvalue weighted by Crippen LogP contribution is -2.45. The van der Waals surface area contributed by atoms with Crippen molar-refractivity contribution in [3.05, 3.63) is 33.6 Å². The van der Waals surface area contributed by atoms with Crippen LogP contribution in [0.4, 0.5) is 14.7 Å². The third kappa shape index (κ3) is 7.75. The van der Waals surface area contributed by atoms with E-state index in [9.17, 15) is 14.7 Å². The molecule has 0 fully saturated rings. The number of rotatable bonds is 7. The van der Waals surface area contributed by atoms with E-state index in [-0.39, 0.29) is 0 Å². The highest BCUT2D eigenvalue weighted by Gasteiger charge is 2.31. The highest BCUT2D eigenvalue weighted by molar-refractivity contribution is 9.10. The number of amides is 2. The van der Waals surface area contributed by atoms with Gasteiger partial charge in [0.2, 0.25) is 0 Å². The summed E-state index contributed by atoms with van der Waals surface area (Å²) in [6.45, 7) is 12.3. The molecule has 0 aliphatic rings. The summed E-state index contributed by atoms with van der Waals surface area (Å²) in [6.07, 6.45) is -1.51. The lowest BCUT2D eigenvalue weighted by molar-refractivity contribution is 0.0528. The van der Waals surface area contributed by atoms with Gasteiger partial charge in [-0.05, 0) is 53.7 Å². The van der Waals surface area contributed by atoms with Gasteiger partial charge < -0.3 is 20.5 Å². The Morgan fingerprint density at radius 3 is 2.44 bits per heavy atom. The van der Waals surface area contributed by atoms with E-state index in [0.29, 0.717) is 24.8 Å². The molecule has 0 aliphatic carbocycles. The Kier molecular flexibility index (Phi) is 8.67. The van der Waals surface area contributed by atoms with Crippen LogP contribution in [-0.2, 0) is 11.3 Å². The summed E-state index contributed by atoms with van der Waals surface area (Å²) in [5.74, 6) is 0. The molecule has 1 heterocycles. The molecule has 0 saturated heterocycles. The number of hydrogen-bond donors (Lipinski definition) is 3. The third-order valence-corrected chi connectivity index (χ3v) is 5.63. The van der Waals surface area contributed by atoms with Crippen molar-refractivity contribution in [1.29, 1.82) is 0 Å². The van der Waals surface area contributed by atoms with Gasteiger partial charge in [-0.15, -0.1) is 0 Å². The molecular formula is C22H31BrN4O4S. The van der Waals surface area contributed by atoms with Gasteiger partial charge in [-0.1, -0.05) is 39.4 Å². The predicted octanol–water partition coefficient (Wildman–Crippen LogP) is 5.47. The van der Waals surface area contributed by atoms with Crippen molar-refractivity contribution in [2.45, 2.75) is 59.2 Å². The molecule has 0 bridgehead atoms. The molecule has 0 aliphatic heterocycles. The molecule has 0 spiro atoms. The van der Waals surface area contributed by atoms with Crippen LogP contribution in [0.3, 0.4) is 0 Å². The average Bonchev–Trinajstić information content (AvgIpc) is 3.01. The van der Waals surface area contributed by atoms with Crippen molar-refractivity contribution in [2.24, 2.45) is 0 Å². The van der Waals surface area contributed by atoms with Crippen LogP contribution in [0, 0.1) is 0 Å². The molecule has 2 rings (SSSR count). The van der Waals surface area contributed by atoms with Crippen molar-refractivity contribution in [3.63, 3.8) is 0 Å². The SMILES string of the molecule is CC(C)(C)OC(=O)NCCNCc1sc(N(C(=O)O)C(C)(C)C)nc1-c1cccc(Br)c1. The Bertz CT molecular complexity index is 950. The van der Waals surface area contributed by atoms with E-state index in [1.165, 1.54) is 16.2 Å². The molecule has 32 heavy (non-hydrogen) atoms. The number of carboxylic acid groups (broad SMARTS) is 1. The number of benzene rings is 1. The van der Waals surface area contributed by atoms with Crippen molar-refractivity contribution >= 4 is 44.6 Å². The van der Waals surface area contributed by atoms with E-state index in [2.05, 4.69) is 26.6 Å². The van der Waals surface area contributed by atoms with Gasteiger partial charge in [0.25, 0.3) is 0 Å². The van der Waals surface area contributed by atoms with E-state index in [0.717, 1.165) is 20.6 Å². The minimum absolute atomic E-state index is 0.399. The van der Waals surface area contributed by atoms with Gasteiger partial charge in [0, 0.05) is 40.1 Å². The normalized spacial score (nSPS) is 11.8. The summed E-state index contributed by atoms with van der Waals surface area (Å²) in [7, 11) is 0. The molecule has 1 aromatic heterocycles. The molecule has 2 amide bonds. The van der Waals surface area contributed by atoms with Gasteiger partial charge in [0.1, 0.15) is 5.60 Å². The molecule has 1 aromatic carbocycles. The van der Waals surface area contributed by atoms with Crippen LogP contribution in [0.15, 0.2) is 28.7 Å². The summed E-state index contributed by atoms with van der Waals surface area (Å²) < 4.78 is 6.14. The van der Waals surface area contributed by atoms with Crippen LogP contribution in [0.5, 0.6) is 0 Å². The second-order valence-electron chi connectivity index (χ2n) is 9.17. The zero-order chi connectivity index (χ0) is 24.1. The van der Waals surface area contributed by atoms with E-state index in [4.69, 9.17) is 9.72 Å². The monoisotopic (exact) mass is 526 g/mol. The average molecular weight is 527 g/mol.